The molecule has 0 aliphatic carbocycles. The number of allylic oxidation sites excluding steroid dienone is 30. The Balaban J connectivity index is 4.72. The third-order valence-electron chi connectivity index (χ3n) is 15.6. The Morgan fingerprint density at radius 3 is 0.767 bits per heavy atom. The molecule has 584 valence electrons. The first-order chi connectivity index (χ1) is 50.2. The number of hydrogen-bond acceptors (Lipinski definition) is 14. The summed E-state index contributed by atoms with van der Waals surface area (Å²) in [6.45, 7) is 2.27. The van der Waals surface area contributed by atoms with E-state index < -0.39 is 91.5 Å². The molecule has 0 spiro atoms. The summed E-state index contributed by atoms with van der Waals surface area (Å²) < 4.78 is 61.2. The number of phosphoric acid groups is 2. The van der Waals surface area contributed by atoms with E-state index in [1.807, 2.05) is 0 Å². The van der Waals surface area contributed by atoms with Crippen molar-refractivity contribution in [3.05, 3.63) is 182 Å². The highest BCUT2D eigenvalue weighted by Crippen LogP contribution is 2.45. The van der Waals surface area contributed by atoms with Crippen molar-refractivity contribution in [1.29, 1.82) is 0 Å². The second kappa shape index (κ2) is 76.3. The minimum atomic E-state index is -4.95. The monoisotopic (exact) mass is 1480 g/mol. The Kier molecular flexibility index (Phi) is 72.3. The van der Waals surface area contributed by atoms with E-state index in [-0.39, 0.29) is 19.3 Å². The van der Waals surface area contributed by atoms with Crippen molar-refractivity contribution < 1.29 is 75.8 Å². The van der Waals surface area contributed by atoms with Crippen molar-refractivity contribution in [2.75, 3.05) is 39.6 Å². The minimum Gasteiger partial charge on any atom is -0.463 e. The second-order valence-electron chi connectivity index (χ2n) is 25.4. The molecule has 0 aliphatic heterocycles. The number of carbonyl (C=O) groups is 3. The molecule has 0 aliphatic rings. The Labute approximate surface area is 624 Å². The highest BCUT2D eigenvalue weighted by atomic mass is 31.2. The number of aliphatic hydroxyl groups excluding tert-OH is 2. The van der Waals surface area contributed by atoms with Crippen LogP contribution in [0, 0.1) is 0 Å². The number of rotatable bonds is 72. The maximum absolute atomic E-state index is 13.0. The molecule has 0 aromatic carbocycles. The summed E-state index contributed by atoms with van der Waals surface area (Å²) >= 11 is 0. The number of aliphatic hydroxyl groups is 2. The summed E-state index contributed by atoms with van der Waals surface area (Å²) in [5.74, 6) is -1.64. The van der Waals surface area contributed by atoms with Gasteiger partial charge in [0.05, 0.1) is 26.4 Å². The van der Waals surface area contributed by atoms with Crippen LogP contribution in [0.3, 0.4) is 0 Å². The highest BCUT2D eigenvalue weighted by molar-refractivity contribution is 7.47. The Bertz CT molecular complexity index is 2600. The average molecular weight is 1480 g/mol. The molecule has 0 fully saturated rings. The van der Waals surface area contributed by atoms with Crippen LogP contribution in [-0.2, 0) is 55.8 Å². The lowest BCUT2D eigenvalue weighted by atomic mass is 10.1. The van der Waals surface area contributed by atoms with Crippen LogP contribution in [0.25, 0.3) is 0 Å². The Hall–Kier alpha value is -5.35. The normalized spacial score (nSPS) is 15.0. The summed E-state index contributed by atoms with van der Waals surface area (Å²) in [4.78, 5) is 58.7. The third kappa shape index (κ3) is 77.6. The van der Waals surface area contributed by atoms with Gasteiger partial charge in [-0.3, -0.25) is 32.5 Å². The van der Waals surface area contributed by atoms with Crippen LogP contribution >= 0.6 is 15.6 Å². The summed E-state index contributed by atoms with van der Waals surface area (Å²) in [5.41, 5.74) is 0. The smallest absolute Gasteiger partial charge is 0.463 e. The van der Waals surface area contributed by atoms with Gasteiger partial charge in [-0.05, 0) is 154 Å². The van der Waals surface area contributed by atoms with Crippen LogP contribution in [0.1, 0.15) is 278 Å². The van der Waals surface area contributed by atoms with Crippen LogP contribution in [-0.4, -0.2) is 95.9 Å². The van der Waals surface area contributed by atoms with Crippen molar-refractivity contribution in [1.82, 2.24) is 0 Å². The fourth-order valence-corrected chi connectivity index (χ4v) is 11.4. The van der Waals surface area contributed by atoms with Crippen molar-refractivity contribution in [2.45, 2.75) is 296 Å². The standard InChI is InChI=1S/C85H138O16P2/c1-4-7-10-13-16-19-22-25-28-31-34-36-38-39-41-43-45-47-50-53-56-59-62-65-68-71-83(88)95-74-80(86)75-97-102(91,92)98-76-81(87)77-99-103(93,94)100-79-82(101-85(90)73-70-67-64-61-58-55-52-49-44-33-30-27-24-21-18-15-12-9-6-3)78-96-84(89)72-69-66-63-60-57-54-51-48-46-42-40-37-35-32-29-26-23-20-17-14-11-8-5-2/h7-12,16-21,25-30,34-37,39,41-42,44,46,49,51,54,80-82,86-87H,4-6,13-15,22-24,31-33,38,40,43,45,47-48,50,52-53,55-79H2,1-3H3,(H,91,92)(H,93,94)/b10-7-,11-8-,12-9-,19-16-,20-17-,21-18-,28-25-,29-26-,30-27-,36-34-,37-35-,41-39-,46-42-,49-44-,54-51-. The van der Waals surface area contributed by atoms with E-state index in [4.69, 9.17) is 32.3 Å². The van der Waals surface area contributed by atoms with Gasteiger partial charge in [0, 0.05) is 19.3 Å². The predicted octanol–water partition coefficient (Wildman–Crippen LogP) is 23.0. The molecular weight excluding hydrogens is 1340 g/mol. The van der Waals surface area contributed by atoms with E-state index in [0.29, 0.717) is 19.3 Å². The number of carbonyl (C=O) groups excluding carboxylic acids is 3. The van der Waals surface area contributed by atoms with Gasteiger partial charge in [0.2, 0.25) is 0 Å². The van der Waals surface area contributed by atoms with Gasteiger partial charge in [-0.2, -0.15) is 0 Å². The van der Waals surface area contributed by atoms with E-state index in [9.17, 15) is 43.5 Å². The molecule has 5 atom stereocenters. The number of unbranched alkanes of at least 4 members (excludes halogenated alkanes) is 19. The quantitative estimate of drug-likeness (QED) is 0.0146. The highest BCUT2D eigenvalue weighted by Gasteiger charge is 2.29. The molecular formula is C85H138O16P2. The van der Waals surface area contributed by atoms with Crippen molar-refractivity contribution >= 4 is 33.6 Å². The SMILES string of the molecule is CC/C=C\C/C=C\C/C=C\C/C=C\C/C=C\C/C=C\CCCCCCC(=O)OCC(COP(=O)(O)OCC(O)COP(=O)(O)OCC(O)COC(=O)CCCCCCCCCCC/C=C\C/C=C\C/C=C\C/C=C\C/C=C\CC)OC(=O)CCCCCCCC/C=C\C/C=C\C/C=C\C/C=C\CC. The van der Waals surface area contributed by atoms with Gasteiger partial charge in [0.1, 0.15) is 25.4 Å². The van der Waals surface area contributed by atoms with Gasteiger partial charge < -0.3 is 34.2 Å². The fraction of sp³-hybridized carbons (Fsp3) is 0.612. The summed E-state index contributed by atoms with van der Waals surface area (Å²) in [6.07, 6.45) is 97.8. The topological polar surface area (TPSA) is 231 Å². The molecule has 0 amide bonds. The zero-order chi connectivity index (χ0) is 75.2. The van der Waals surface area contributed by atoms with Gasteiger partial charge in [-0.15, -0.1) is 0 Å². The maximum atomic E-state index is 13.0. The van der Waals surface area contributed by atoms with Gasteiger partial charge in [-0.1, -0.05) is 287 Å². The lowest BCUT2D eigenvalue weighted by molar-refractivity contribution is -0.161. The van der Waals surface area contributed by atoms with Crippen molar-refractivity contribution in [3.63, 3.8) is 0 Å². The van der Waals surface area contributed by atoms with E-state index in [1.165, 1.54) is 25.7 Å². The molecule has 18 heteroatoms. The van der Waals surface area contributed by atoms with E-state index in [1.54, 1.807) is 0 Å². The summed E-state index contributed by atoms with van der Waals surface area (Å²) in [5, 5.41) is 20.6. The molecule has 0 heterocycles. The third-order valence-corrected chi connectivity index (χ3v) is 17.5. The van der Waals surface area contributed by atoms with Gasteiger partial charge in [0.25, 0.3) is 0 Å². The number of phosphoric ester groups is 2. The zero-order valence-electron chi connectivity index (χ0n) is 63.7. The summed E-state index contributed by atoms with van der Waals surface area (Å²) in [6, 6.07) is 0. The number of esters is 3. The van der Waals surface area contributed by atoms with Crippen molar-refractivity contribution in [2.24, 2.45) is 0 Å². The van der Waals surface area contributed by atoms with Crippen LogP contribution in [0.5, 0.6) is 0 Å². The fourth-order valence-electron chi connectivity index (χ4n) is 9.77. The van der Waals surface area contributed by atoms with Crippen LogP contribution < -0.4 is 0 Å². The number of hydrogen-bond donors (Lipinski definition) is 4. The molecule has 0 aromatic heterocycles. The summed E-state index contributed by atoms with van der Waals surface area (Å²) in [7, 11) is -9.82. The minimum absolute atomic E-state index is 0.0747. The van der Waals surface area contributed by atoms with Gasteiger partial charge in [-0.25, -0.2) is 9.13 Å². The maximum Gasteiger partial charge on any atom is 0.472 e. The molecule has 103 heavy (non-hydrogen) atoms. The average Bonchev–Trinajstić information content (AvgIpc) is 0.939. The predicted molar refractivity (Wildman–Crippen MR) is 426 cm³/mol. The molecule has 0 saturated carbocycles. The lowest BCUT2D eigenvalue weighted by Gasteiger charge is -2.21. The molecule has 16 nitrogen and oxygen atoms in total. The number of ether oxygens (including phenoxy) is 3. The molecule has 0 aromatic rings. The van der Waals surface area contributed by atoms with E-state index in [2.05, 4.69) is 203 Å². The molecule has 4 N–H and O–H groups in total. The zero-order valence-corrected chi connectivity index (χ0v) is 65.5. The largest absolute Gasteiger partial charge is 0.472 e. The molecule has 0 rings (SSSR count). The van der Waals surface area contributed by atoms with Gasteiger partial charge in [0.15, 0.2) is 6.10 Å². The van der Waals surface area contributed by atoms with Gasteiger partial charge >= 0.3 is 33.6 Å². The van der Waals surface area contributed by atoms with Crippen LogP contribution in [0.2, 0.25) is 0 Å². The molecule has 0 radical (unpaired) electrons. The molecule has 5 unspecified atom stereocenters. The second-order valence-corrected chi connectivity index (χ2v) is 28.3. The molecule has 0 bridgehead atoms. The van der Waals surface area contributed by atoms with E-state index >= 15 is 0 Å². The first-order valence-corrected chi connectivity index (χ1v) is 42.1. The van der Waals surface area contributed by atoms with E-state index in [0.717, 1.165) is 193 Å². The van der Waals surface area contributed by atoms with Crippen molar-refractivity contribution in [3.8, 4) is 0 Å². The van der Waals surface area contributed by atoms with Crippen LogP contribution in [0.15, 0.2) is 182 Å². The molecule has 0 saturated heterocycles. The first kappa shape index (κ1) is 97.7. The lowest BCUT2D eigenvalue weighted by Crippen LogP contribution is -2.30. The van der Waals surface area contributed by atoms with Crippen LogP contribution in [0.4, 0.5) is 0 Å². The Morgan fingerprint density at radius 2 is 0.485 bits per heavy atom. The Morgan fingerprint density at radius 1 is 0.272 bits per heavy atom. The first-order valence-electron chi connectivity index (χ1n) is 39.1.